The lowest BCUT2D eigenvalue weighted by Crippen LogP contribution is -2.49. The summed E-state index contributed by atoms with van der Waals surface area (Å²) in [4.78, 5) is 4.35. The predicted octanol–water partition coefficient (Wildman–Crippen LogP) is 1.49. The van der Waals surface area contributed by atoms with E-state index in [4.69, 9.17) is 12.2 Å². The van der Waals surface area contributed by atoms with Gasteiger partial charge in [-0.1, -0.05) is 0 Å². The molecule has 0 amide bonds. The van der Waals surface area contributed by atoms with Gasteiger partial charge in [-0.3, -0.25) is 5.43 Å². The molecule has 1 aliphatic rings. The predicted molar refractivity (Wildman–Crippen MR) is 98.9 cm³/mol. The van der Waals surface area contributed by atoms with Gasteiger partial charge >= 0.3 is 0 Å². The molecule has 0 atom stereocenters. The average molecular weight is 358 g/mol. The van der Waals surface area contributed by atoms with Gasteiger partial charge in [0.15, 0.2) is 5.11 Å². The molecule has 3 rings (SSSR count). The summed E-state index contributed by atoms with van der Waals surface area (Å²) < 4.78 is 13.2. The fourth-order valence-corrected chi connectivity index (χ4v) is 2.75. The first-order valence-corrected chi connectivity index (χ1v) is 8.38. The van der Waals surface area contributed by atoms with Crippen LogP contribution in [-0.4, -0.2) is 64.0 Å². The van der Waals surface area contributed by atoms with Crippen molar-refractivity contribution in [2.24, 2.45) is 5.10 Å². The average Bonchev–Trinajstić information content (AvgIpc) is 2.64. The Hall–Kier alpha value is -2.45. The number of rotatable bonds is 3. The van der Waals surface area contributed by atoms with Crippen LogP contribution in [0, 0.1) is 5.82 Å². The maximum Gasteiger partial charge on any atom is 0.189 e. The minimum atomic E-state index is -0.295. The topological polar surface area (TPSA) is 56.6 Å². The fraction of sp³-hybridized carbons (Fsp3) is 0.294. The highest BCUT2D eigenvalue weighted by molar-refractivity contribution is 7.80. The van der Waals surface area contributed by atoms with Crippen LogP contribution >= 0.6 is 12.2 Å². The molecular weight excluding hydrogens is 339 g/mol. The van der Waals surface area contributed by atoms with Gasteiger partial charge in [-0.25, -0.2) is 4.39 Å². The SMILES string of the molecule is CN1CCN(C(=S)N/N=C(/c2ccc(F)cc2)c2ccnnc2)CC1. The number of aromatic nitrogens is 2. The quantitative estimate of drug-likeness (QED) is 0.510. The smallest absolute Gasteiger partial charge is 0.189 e. The number of halogens is 1. The van der Waals surface area contributed by atoms with Crippen molar-refractivity contribution in [3.05, 3.63) is 59.7 Å². The minimum Gasteiger partial charge on any atom is -0.345 e. The molecule has 0 unspecified atom stereocenters. The van der Waals surface area contributed by atoms with Gasteiger partial charge in [-0.2, -0.15) is 15.3 Å². The fourth-order valence-electron chi connectivity index (χ4n) is 2.52. The number of piperazine rings is 1. The zero-order chi connectivity index (χ0) is 17.6. The maximum absolute atomic E-state index is 13.2. The van der Waals surface area contributed by atoms with Crippen molar-refractivity contribution in [2.45, 2.75) is 0 Å². The Balaban J connectivity index is 1.80. The van der Waals surface area contributed by atoms with E-state index in [2.05, 4.69) is 37.6 Å². The molecule has 1 aliphatic heterocycles. The van der Waals surface area contributed by atoms with E-state index in [0.717, 1.165) is 37.3 Å². The highest BCUT2D eigenvalue weighted by Crippen LogP contribution is 2.11. The van der Waals surface area contributed by atoms with Crippen molar-refractivity contribution in [1.29, 1.82) is 0 Å². The van der Waals surface area contributed by atoms with Crippen molar-refractivity contribution in [2.75, 3.05) is 33.2 Å². The first-order chi connectivity index (χ1) is 12.1. The molecule has 8 heteroatoms. The van der Waals surface area contributed by atoms with Crippen molar-refractivity contribution in [3.63, 3.8) is 0 Å². The van der Waals surface area contributed by atoms with Crippen LogP contribution in [0.2, 0.25) is 0 Å². The van der Waals surface area contributed by atoms with Crippen LogP contribution in [0.1, 0.15) is 11.1 Å². The number of hydrazone groups is 1. The molecule has 2 aromatic rings. The molecule has 0 bridgehead atoms. The Morgan fingerprint density at radius 3 is 2.44 bits per heavy atom. The van der Waals surface area contributed by atoms with Crippen LogP contribution < -0.4 is 5.43 Å². The highest BCUT2D eigenvalue weighted by atomic mass is 32.1. The van der Waals surface area contributed by atoms with E-state index in [1.54, 1.807) is 30.6 Å². The zero-order valence-electron chi connectivity index (χ0n) is 13.9. The van der Waals surface area contributed by atoms with E-state index in [1.807, 2.05) is 0 Å². The van der Waals surface area contributed by atoms with E-state index < -0.39 is 0 Å². The van der Waals surface area contributed by atoms with Gasteiger partial charge in [0.1, 0.15) is 5.82 Å². The molecule has 1 N–H and O–H groups in total. The second kappa shape index (κ2) is 8.09. The van der Waals surface area contributed by atoms with Crippen LogP contribution in [-0.2, 0) is 0 Å². The summed E-state index contributed by atoms with van der Waals surface area (Å²) in [5.74, 6) is -0.295. The van der Waals surface area contributed by atoms with Crippen LogP contribution in [0.5, 0.6) is 0 Å². The Morgan fingerprint density at radius 1 is 1.08 bits per heavy atom. The van der Waals surface area contributed by atoms with Gasteiger partial charge < -0.3 is 9.80 Å². The van der Waals surface area contributed by atoms with Crippen LogP contribution in [0.25, 0.3) is 0 Å². The summed E-state index contributed by atoms with van der Waals surface area (Å²) in [6, 6.07) is 7.96. The third-order valence-electron chi connectivity index (χ3n) is 4.03. The lowest BCUT2D eigenvalue weighted by molar-refractivity contribution is 0.214. The molecule has 25 heavy (non-hydrogen) atoms. The van der Waals surface area contributed by atoms with Gasteiger partial charge in [-0.15, -0.1) is 0 Å². The lowest BCUT2D eigenvalue weighted by atomic mass is 10.0. The monoisotopic (exact) mass is 358 g/mol. The highest BCUT2D eigenvalue weighted by Gasteiger charge is 2.16. The van der Waals surface area contributed by atoms with E-state index in [9.17, 15) is 4.39 Å². The molecule has 2 heterocycles. The van der Waals surface area contributed by atoms with E-state index in [0.29, 0.717) is 10.8 Å². The zero-order valence-corrected chi connectivity index (χ0v) is 14.7. The lowest BCUT2D eigenvalue weighted by Gasteiger charge is -2.33. The third kappa shape index (κ3) is 4.55. The van der Waals surface area contributed by atoms with Gasteiger partial charge in [0.25, 0.3) is 0 Å². The first kappa shape index (κ1) is 17.4. The molecule has 130 valence electrons. The number of hydrogen-bond donors (Lipinski definition) is 1. The Bertz CT molecular complexity index is 741. The van der Waals surface area contributed by atoms with Crippen LogP contribution in [0.3, 0.4) is 0 Å². The number of nitrogens with zero attached hydrogens (tertiary/aromatic N) is 5. The summed E-state index contributed by atoms with van der Waals surface area (Å²) in [7, 11) is 2.09. The normalized spacial score (nSPS) is 15.9. The van der Waals surface area contributed by atoms with Crippen molar-refractivity contribution < 1.29 is 4.39 Å². The summed E-state index contributed by atoms with van der Waals surface area (Å²) in [5, 5.41) is 12.7. The Kier molecular flexibility index (Phi) is 5.62. The first-order valence-electron chi connectivity index (χ1n) is 7.97. The van der Waals surface area contributed by atoms with E-state index in [1.165, 1.54) is 12.1 Å². The van der Waals surface area contributed by atoms with Crippen molar-refractivity contribution in [3.8, 4) is 0 Å². The number of nitrogens with one attached hydrogen (secondary N) is 1. The summed E-state index contributed by atoms with van der Waals surface area (Å²) in [5.41, 5.74) is 5.13. The number of benzene rings is 1. The number of hydrogen-bond acceptors (Lipinski definition) is 5. The molecule has 1 saturated heterocycles. The van der Waals surface area contributed by atoms with Gasteiger partial charge in [0.05, 0.1) is 18.1 Å². The summed E-state index contributed by atoms with van der Waals surface area (Å²) >= 11 is 5.45. The minimum absolute atomic E-state index is 0.295. The molecule has 0 aliphatic carbocycles. The molecule has 0 saturated carbocycles. The third-order valence-corrected chi connectivity index (χ3v) is 4.38. The van der Waals surface area contributed by atoms with Crippen LogP contribution in [0.15, 0.2) is 47.8 Å². The number of thiocarbonyl (C=S) groups is 1. The molecule has 0 spiro atoms. The molecule has 1 fully saturated rings. The van der Waals surface area contributed by atoms with Crippen molar-refractivity contribution >= 4 is 23.0 Å². The summed E-state index contributed by atoms with van der Waals surface area (Å²) in [6.45, 7) is 3.65. The second-order valence-electron chi connectivity index (χ2n) is 5.81. The van der Waals surface area contributed by atoms with E-state index in [-0.39, 0.29) is 5.82 Å². The van der Waals surface area contributed by atoms with E-state index >= 15 is 0 Å². The van der Waals surface area contributed by atoms with Gasteiger partial charge in [0, 0.05) is 37.3 Å². The van der Waals surface area contributed by atoms with Crippen LogP contribution in [0.4, 0.5) is 4.39 Å². The molecule has 0 radical (unpaired) electrons. The largest absolute Gasteiger partial charge is 0.345 e. The molecule has 1 aromatic heterocycles. The summed E-state index contributed by atoms with van der Waals surface area (Å²) in [6.07, 6.45) is 3.20. The van der Waals surface area contributed by atoms with Gasteiger partial charge in [-0.05, 0) is 49.6 Å². The molecular formula is C17H19FN6S. The molecule has 1 aromatic carbocycles. The van der Waals surface area contributed by atoms with Gasteiger partial charge in [0.2, 0.25) is 0 Å². The maximum atomic E-state index is 13.2. The molecule has 6 nitrogen and oxygen atoms in total. The second-order valence-corrected chi connectivity index (χ2v) is 6.19. The standard InChI is InChI=1S/C17H19FN6S/c1-23-8-10-24(11-9-23)17(25)22-21-16(14-6-7-19-20-12-14)13-2-4-15(18)5-3-13/h2-7,12H,8-11H2,1H3,(H,22,25)/b21-16-. The Morgan fingerprint density at radius 2 is 1.80 bits per heavy atom. The Labute approximate surface area is 151 Å². The number of likely N-dealkylation sites (N-methyl/N-ethyl adjacent to an activating group) is 1. The van der Waals surface area contributed by atoms with Crippen molar-refractivity contribution in [1.82, 2.24) is 25.4 Å².